The first-order valence-electron chi connectivity index (χ1n) is 32.1. The molecule has 5 heterocycles. The van der Waals surface area contributed by atoms with Crippen LogP contribution in [0.25, 0.3) is 0 Å². The van der Waals surface area contributed by atoms with Gasteiger partial charge in [0.15, 0.2) is 0 Å². The first kappa shape index (κ1) is 53.9. The van der Waals surface area contributed by atoms with E-state index in [9.17, 15) is 0 Å². The normalized spacial score (nSPS) is 13.2. The second-order valence-corrected chi connectivity index (χ2v) is 25.5. The fourth-order valence-electron chi connectivity index (χ4n) is 15.3. The zero-order valence-corrected chi connectivity index (χ0v) is 51.8. The minimum absolute atomic E-state index is 0.189. The number of hydrogen-bond acceptors (Lipinski definition) is 8. The van der Waals surface area contributed by atoms with E-state index in [0.29, 0.717) is 0 Å². The molecule has 0 unspecified atom stereocenters. The van der Waals surface area contributed by atoms with Crippen LogP contribution in [0, 0.1) is 0 Å². The molecule has 0 spiro atoms. The number of benzene rings is 14. The van der Waals surface area contributed by atoms with Gasteiger partial charge in [-0.3, -0.25) is 0 Å². The van der Waals surface area contributed by atoms with E-state index in [-0.39, 0.29) is 13.4 Å². The molecular weight excluding hydrogens is 1160 g/mol. The second kappa shape index (κ2) is 21.9. The number of hydrogen-bond donors (Lipinski definition) is 0. The minimum Gasteiger partial charge on any atom is -0.458 e. The van der Waals surface area contributed by atoms with Gasteiger partial charge in [0.2, 0.25) is 0 Å². The highest BCUT2D eigenvalue weighted by molar-refractivity contribution is 7.99. The first-order valence-corrected chi connectivity index (χ1v) is 32.9. The molecule has 0 bridgehead atoms. The fraction of sp³-hybridized carbons (Fsp3) is 0. The smallest absolute Gasteiger partial charge is 0.256 e. The third-order valence-electron chi connectivity index (χ3n) is 19.1. The van der Waals surface area contributed by atoms with E-state index in [4.69, 9.17) is 4.74 Å². The molecule has 0 saturated heterocycles. The van der Waals surface area contributed by atoms with Gasteiger partial charge in [-0.05, 0) is 178 Å². The molecule has 14 aromatic rings. The zero-order chi connectivity index (χ0) is 61.8. The molecule has 0 aliphatic carbocycles. The molecule has 19 rings (SSSR count). The average Bonchev–Trinajstić information content (AvgIpc) is 0.687. The predicted molar refractivity (Wildman–Crippen MR) is 394 cm³/mol. The molecule has 5 aliphatic rings. The molecule has 0 radical (unpaired) electrons. The van der Waals surface area contributed by atoms with E-state index in [0.717, 1.165) is 125 Å². The maximum Gasteiger partial charge on any atom is 0.256 e. The van der Waals surface area contributed by atoms with E-state index >= 15 is 0 Å². The number of para-hydroxylation sites is 10. The van der Waals surface area contributed by atoms with Crippen molar-refractivity contribution in [1.29, 1.82) is 0 Å². The summed E-state index contributed by atoms with van der Waals surface area (Å²) in [6, 6.07) is 124. The van der Waals surface area contributed by atoms with Crippen LogP contribution in [0.1, 0.15) is 0 Å². The number of fused-ring (bicyclic) bond motifs is 10. The van der Waals surface area contributed by atoms with Crippen molar-refractivity contribution in [3.05, 3.63) is 340 Å². The summed E-state index contributed by atoms with van der Waals surface area (Å²) in [6.07, 6.45) is 0. The molecule has 94 heavy (non-hydrogen) atoms. The van der Waals surface area contributed by atoms with Gasteiger partial charge in [0.25, 0.3) is 13.4 Å². The lowest BCUT2D eigenvalue weighted by Crippen LogP contribution is -2.64. The number of anilines is 18. The van der Waals surface area contributed by atoms with Crippen molar-refractivity contribution >= 4 is 160 Å². The highest BCUT2D eigenvalue weighted by Gasteiger charge is 2.49. The van der Waals surface area contributed by atoms with Gasteiger partial charge < -0.3 is 34.1 Å². The van der Waals surface area contributed by atoms with Gasteiger partial charge in [0.1, 0.15) is 11.5 Å². The van der Waals surface area contributed by atoms with Gasteiger partial charge in [-0.1, -0.05) is 194 Å². The average molecular weight is 1220 g/mol. The summed E-state index contributed by atoms with van der Waals surface area (Å²) in [5.41, 5.74) is 26.6. The molecule has 0 amide bonds. The van der Waals surface area contributed by atoms with Crippen LogP contribution in [0.2, 0.25) is 0 Å². The summed E-state index contributed by atoms with van der Waals surface area (Å²) >= 11 is 1.84. The number of rotatable bonds is 10. The van der Waals surface area contributed by atoms with E-state index in [2.05, 4.69) is 369 Å². The summed E-state index contributed by atoms with van der Waals surface area (Å²) < 4.78 is 7.71. The molecule has 0 aromatic heterocycles. The predicted octanol–water partition coefficient (Wildman–Crippen LogP) is 19.0. The molecule has 7 nitrogen and oxygen atoms in total. The Kier molecular flexibility index (Phi) is 12.6. The molecular formula is C84H56B2N6OS. The fourth-order valence-corrected chi connectivity index (χ4v) is 16.4. The minimum atomic E-state index is -0.267. The van der Waals surface area contributed by atoms with E-state index in [1.807, 2.05) is 11.8 Å². The van der Waals surface area contributed by atoms with Crippen LogP contribution in [0.4, 0.5) is 102 Å². The Balaban J connectivity index is 0.923. The van der Waals surface area contributed by atoms with Gasteiger partial charge in [-0.25, -0.2) is 0 Å². The molecule has 440 valence electrons. The first-order chi connectivity index (χ1) is 46.7. The van der Waals surface area contributed by atoms with Crippen molar-refractivity contribution in [2.24, 2.45) is 0 Å². The third-order valence-corrected chi connectivity index (χ3v) is 20.2. The summed E-state index contributed by atoms with van der Waals surface area (Å²) in [4.78, 5) is 17.2. The van der Waals surface area contributed by atoms with Crippen molar-refractivity contribution in [3.63, 3.8) is 0 Å². The Morgan fingerprint density at radius 1 is 0.234 bits per heavy atom. The third kappa shape index (κ3) is 8.57. The molecule has 0 fully saturated rings. The lowest BCUT2D eigenvalue weighted by Gasteiger charge is -2.47. The van der Waals surface area contributed by atoms with Gasteiger partial charge >= 0.3 is 0 Å². The van der Waals surface area contributed by atoms with Gasteiger partial charge in [-0.2, -0.15) is 0 Å². The molecule has 0 N–H and O–H groups in total. The molecule has 0 atom stereocenters. The van der Waals surface area contributed by atoms with Crippen molar-refractivity contribution in [2.45, 2.75) is 9.79 Å². The summed E-state index contributed by atoms with van der Waals surface area (Å²) in [5, 5.41) is 0. The Morgan fingerprint density at radius 3 is 1.09 bits per heavy atom. The lowest BCUT2D eigenvalue weighted by molar-refractivity contribution is 0.487. The Labute approximate surface area is 552 Å². The monoisotopic (exact) mass is 1220 g/mol. The van der Waals surface area contributed by atoms with Crippen molar-refractivity contribution in [1.82, 2.24) is 0 Å². The summed E-state index contributed by atoms with van der Waals surface area (Å²) in [5.74, 6) is 1.65. The van der Waals surface area contributed by atoms with E-state index in [1.165, 1.54) is 31.6 Å². The number of ether oxygens (including phenoxy) is 1. The maximum absolute atomic E-state index is 7.71. The van der Waals surface area contributed by atoms with Crippen LogP contribution in [0.5, 0.6) is 11.5 Å². The quantitative estimate of drug-likeness (QED) is 0.125. The Hall–Kier alpha value is -11.8. The second-order valence-electron chi connectivity index (χ2n) is 24.4. The van der Waals surface area contributed by atoms with Crippen molar-refractivity contribution < 1.29 is 4.74 Å². The van der Waals surface area contributed by atoms with Gasteiger partial charge in [0.05, 0.1) is 22.7 Å². The van der Waals surface area contributed by atoms with Crippen LogP contribution >= 0.6 is 11.8 Å². The Morgan fingerprint density at radius 2 is 0.606 bits per heavy atom. The number of nitrogens with zero attached hydrogens (tertiary/aromatic N) is 6. The van der Waals surface area contributed by atoms with E-state index < -0.39 is 0 Å². The Bertz CT molecular complexity index is 5170. The maximum atomic E-state index is 7.71. The standard InChI is InChI=1S/C84H56B2N6OS/c1-9-29-57(30-10-1)87(58-31-11-2-12-32-58)65-49-76-83-77(50-65)91(63-41-21-7-22-42-63)73-55-74-69(53-68(73)85(83)67-45-25-26-46-71(67)89(76)61-37-17-5-18-38-61)86-70-54-82-75(90(62-39-19-6-20-40-62)72-47-27-28-48-81(72)94-82)56-79(70)93-80-52-66(51-78(84(80)86)92(74)64-43-23-8-24-44-64)88(59-33-13-3-14-34-59)60-35-15-4-16-36-60/h1-56H. The lowest BCUT2D eigenvalue weighted by atomic mass is 9.30. The highest BCUT2D eigenvalue weighted by atomic mass is 32.2. The van der Waals surface area contributed by atoms with Crippen molar-refractivity contribution in [2.75, 3.05) is 29.4 Å². The van der Waals surface area contributed by atoms with Crippen LogP contribution in [-0.4, -0.2) is 13.4 Å². The van der Waals surface area contributed by atoms with Gasteiger partial charge in [-0.15, -0.1) is 0 Å². The van der Waals surface area contributed by atoms with Crippen LogP contribution in [-0.2, 0) is 0 Å². The summed E-state index contributed by atoms with van der Waals surface area (Å²) in [7, 11) is 0. The largest absolute Gasteiger partial charge is 0.458 e. The molecule has 0 saturated carbocycles. The highest BCUT2D eigenvalue weighted by Crippen LogP contribution is 2.55. The zero-order valence-electron chi connectivity index (χ0n) is 51.0. The summed E-state index contributed by atoms with van der Waals surface area (Å²) in [6.45, 7) is -0.456. The van der Waals surface area contributed by atoms with Crippen LogP contribution in [0.3, 0.4) is 0 Å². The van der Waals surface area contributed by atoms with Gasteiger partial charge in [0, 0.05) is 102 Å². The van der Waals surface area contributed by atoms with Crippen LogP contribution in [0.15, 0.2) is 350 Å². The molecule has 10 heteroatoms. The van der Waals surface area contributed by atoms with Crippen molar-refractivity contribution in [3.8, 4) is 11.5 Å². The SMILES string of the molecule is c1ccc(N(c2ccccc2)c2cc3c4c(c2)N(c2ccccc2)c2cc5c(cc2B4c2cc4c(cc2O3)N(c2ccccc2)c2ccccc2S4)B2c3ccccc3N(c3ccccc3)c3cc(N(c4ccccc4)c4ccccc4)cc(c32)N5c2ccccc2)cc1. The molecule has 14 aromatic carbocycles. The molecule has 5 aliphatic heterocycles. The van der Waals surface area contributed by atoms with E-state index in [1.54, 1.807) is 0 Å². The van der Waals surface area contributed by atoms with Crippen LogP contribution < -0.4 is 66.9 Å². The topological polar surface area (TPSA) is 28.7 Å².